The molecule has 3 N–H and O–H groups in total. The Morgan fingerprint density at radius 2 is 2.28 bits per heavy atom. The summed E-state index contributed by atoms with van der Waals surface area (Å²) in [4.78, 5) is 3.99. The molecule has 3 nitrogen and oxygen atoms in total. The van der Waals surface area contributed by atoms with Crippen LogP contribution in [0.1, 0.15) is 35.7 Å². The van der Waals surface area contributed by atoms with E-state index in [0.29, 0.717) is 16.2 Å². The smallest absolute Gasteiger partial charge is 0.271 e. The molecule has 1 aromatic rings. The molecule has 1 aromatic heterocycles. The number of rotatable bonds is 3. The van der Waals surface area contributed by atoms with Crippen LogP contribution >= 0.6 is 23.1 Å². The molecule has 2 rings (SSSR count). The topological polar surface area (TPSA) is 50.9 Å². The fraction of sp³-hybridized carbons (Fsp3) is 0.700. The monoisotopic (exact) mass is 297 g/mol. The summed E-state index contributed by atoms with van der Waals surface area (Å²) < 4.78 is 37.4. The van der Waals surface area contributed by atoms with Crippen LogP contribution in [0, 0.1) is 0 Å². The number of hydrazine groups is 1. The molecule has 1 aliphatic rings. The van der Waals surface area contributed by atoms with Crippen molar-refractivity contribution in [3.63, 3.8) is 0 Å². The van der Waals surface area contributed by atoms with Gasteiger partial charge in [-0.15, -0.1) is 11.3 Å². The lowest BCUT2D eigenvalue weighted by molar-refractivity contribution is -0.137. The van der Waals surface area contributed by atoms with Crippen molar-refractivity contribution < 1.29 is 13.2 Å². The van der Waals surface area contributed by atoms with Crippen LogP contribution < -0.4 is 11.3 Å². The molecule has 1 saturated heterocycles. The third-order valence-electron chi connectivity index (χ3n) is 3.08. The zero-order chi connectivity index (χ0) is 13.4. The number of alkyl halides is 3. The van der Waals surface area contributed by atoms with Crippen molar-refractivity contribution in [1.82, 2.24) is 10.4 Å². The summed E-state index contributed by atoms with van der Waals surface area (Å²) in [6, 6.07) is -0.293. The maximum absolute atomic E-state index is 12.5. The van der Waals surface area contributed by atoms with Crippen molar-refractivity contribution in [3.8, 4) is 0 Å². The first-order chi connectivity index (χ1) is 8.37. The first kappa shape index (κ1) is 14.1. The van der Waals surface area contributed by atoms with Gasteiger partial charge in [0.2, 0.25) is 0 Å². The average molecular weight is 297 g/mol. The summed E-state index contributed by atoms with van der Waals surface area (Å²) in [5, 5.41) is -0.815. The van der Waals surface area contributed by atoms with Crippen molar-refractivity contribution >= 4 is 23.1 Å². The van der Waals surface area contributed by atoms with E-state index < -0.39 is 11.2 Å². The van der Waals surface area contributed by atoms with Crippen LogP contribution in [0.25, 0.3) is 0 Å². The van der Waals surface area contributed by atoms with Gasteiger partial charge in [0.1, 0.15) is 0 Å². The van der Waals surface area contributed by atoms with Gasteiger partial charge in [0, 0.05) is 15.8 Å². The van der Waals surface area contributed by atoms with Crippen LogP contribution in [-0.4, -0.2) is 15.5 Å². The molecule has 1 fully saturated rings. The third-order valence-corrected chi connectivity index (χ3v) is 5.78. The number of nitrogens with zero attached hydrogens (tertiary/aromatic N) is 1. The van der Waals surface area contributed by atoms with Crippen LogP contribution in [0.5, 0.6) is 0 Å². The molecule has 0 bridgehead atoms. The summed E-state index contributed by atoms with van der Waals surface area (Å²) >= 11 is 2.41. The normalized spacial score (nSPS) is 26.5. The summed E-state index contributed by atoms with van der Waals surface area (Å²) in [7, 11) is 0. The summed E-state index contributed by atoms with van der Waals surface area (Å²) in [6.45, 7) is 2.03. The van der Waals surface area contributed by atoms with Crippen LogP contribution in [0.4, 0.5) is 13.2 Å². The Labute approximate surface area is 111 Å². The highest BCUT2D eigenvalue weighted by Gasteiger charge is 2.41. The van der Waals surface area contributed by atoms with Gasteiger partial charge in [-0.3, -0.25) is 11.3 Å². The minimum absolute atomic E-state index is 0.163. The number of thioether (sulfide) groups is 1. The molecule has 0 radical (unpaired) electrons. The molecular weight excluding hydrogens is 283 g/mol. The number of hydrogen-bond acceptors (Lipinski definition) is 5. The Balaban J connectivity index is 2.25. The molecule has 1 aliphatic heterocycles. The second kappa shape index (κ2) is 4.99. The number of nitrogens with two attached hydrogens (primary N) is 1. The summed E-state index contributed by atoms with van der Waals surface area (Å²) in [6.07, 6.45) is -1.11. The SMILES string of the molecule is CC1(C(NN)c2cnc(C(F)(F)F)s2)CCCS1. The largest absolute Gasteiger partial charge is 0.443 e. The predicted molar refractivity (Wildman–Crippen MR) is 67.3 cm³/mol. The molecule has 0 aromatic carbocycles. The van der Waals surface area contributed by atoms with E-state index in [1.807, 2.05) is 6.92 Å². The molecule has 0 saturated carbocycles. The molecule has 2 heterocycles. The van der Waals surface area contributed by atoms with E-state index in [-0.39, 0.29) is 10.8 Å². The highest BCUT2D eigenvalue weighted by molar-refractivity contribution is 8.00. The van der Waals surface area contributed by atoms with Crippen molar-refractivity contribution in [2.75, 3.05) is 5.75 Å². The van der Waals surface area contributed by atoms with Gasteiger partial charge in [-0.05, 0) is 25.5 Å². The Hall–Kier alpha value is -0.310. The number of thiazole rings is 1. The number of hydrogen-bond donors (Lipinski definition) is 2. The van der Waals surface area contributed by atoms with Gasteiger partial charge in [-0.25, -0.2) is 4.98 Å². The lowest BCUT2D eigenvalue weighted by atomic mass is 9.96. The van der Waals surface area contributed by atoms with Crippen LogP contribution in [0.15, 0.2) is 6.20 Å². The van der Waals surface area contributed by atoms with E-state index in [0.717, 1.165) is 18.6 Å². The lowest BCUT2D eigenvalue weighted by Crippen LogP contribution is -2.40. The van der Waals surface area contributed by atoms with Crippen molar-refractivity contribution in [1.29, 1.82) is 0 Å². The predicted octanol–water partition coefficient (Wildman–Crippen LogP) is 2.95. The molecule has 0 spiro atoms. The second-order valence-corrected chi connectivity index (χ2v) is 7.12. The Morgan fingerprint density at radius 1 is 1.56 bits per heavy atom. The van der Waals surface area contributed by atoms with Crippen LogP contribution in [0.2, 0.25) is 0 Å². The molecule has 2 atom stereocenters. The second-order valence-electron chi connectivity index (χ2n) is 4.43. The molecule has 18 heavy (non-hydrogen) atoms. The summed E-state index contributed by atoms with van der Waals surface area (Å²) in [5.74, 6) is 6.54. The molecule has 2 unspecified atom stereocenters. The highest BCUT2D eigenvalue weighted by atomic mass is 32.2. The average Bonchev–Trinajstić information content (AvgIpc) is 2.88. The molecule has 102 valence electrons. The lowest BCUT2D eigenvalue weighted by Gasteiger charge is -2.31. The van der Waals surface area contributed by atoms with E-state index in [1.165, 1.54) is 6.20 Å². The van der Waals surface area contributed by atoms with Crippen molar-refractivity contribution in [2.45, 2.75) is 36.7 Å². The van der Waals surface area contributed by atoms with Crippen LogP contribution in [-0.2, 0) is 6.18 Å². The Morgan fingerprint density at radius 3 is 2.72 bits per heavy atom. The minimum atomic E-state index is -4.38. The van der Waals surface area contributed by atoms with E-state index in [4.69, 9.17) is 5.84 Å². The van der Waals surface area contributed by atoms with Gasteiger partial charge >= 0.3 is 6.18 Å². The first-order valence-electron chi connectivity index (χ1n) is 5.50. The standard InChI is InChI=1S/C10H14F3N3S2/c1-9(3-2-4-17-9)7(16-14)6-5-15-8(18-6)10(11,12)13/h5,7,16H,2-4,14H2,1H3. The van der Waals surface area contributed by atoms with Gasteiger partial charge in [-0.2, -0.15) is 24.9 Å². The Bertz CT molecular complexity index is 413. The third kappa shape index (κ3) is 2.66. The van der Waals surface area contributed by atoms with Gasteiger partial charge in [0.25, 0.3) is 0 Å². The van der Waals surface area contributed by atoms with Gasteiger partial charge < -0.3 is 0 Å². The molecule has 0 amide bonds. The van der Waals surface area contributed by atoms with E-state index >= 15 is 0 Å². The Kier molecular flexibility index (Phi) is 3.91. The number of nitrogens with one attached hydrogen (secondary N) is 1. The number of halogens is 3. The van der Waals surface area contributed by atoms with Crippen LogP contribution in [0.3, 0.4) is 0 Å². The van der Waals surface area contributed by atoms with Gasteiger partial charge in [-0.1, -0.05) is 0 Å². The fourth-order valence-corrected chi connectivity index (χ4v) is 4.61. The maximum Gasteiger partial charge on any atom is 0.443 e. The summed E-state index contributed by atoms with van der Waals surface area (Å²) in [5.41, 5.74) is 2.65. The first-order valence-corrected chi connectivity index (χ1v) is 7.30. The van der Waals surface area contributed by atoms with Gasteiger partial charge in [0.05, 0.1) is 6.04 Å². The van der Waals surface area contributed by atoms with Gasteiger partial charge in [0.15, 0.2) is 5.01 Å². The minimum Gasteiger partial charge on any atom is -0.271 e. The van der Waals surface area contributed by atoms with E-state index in [2.05, 4.69) is 10.4 Å². The fourth-order valence-electron chi connectivity index (χ4n) is 2.14. The highest BCUT2D eigenvalue weighted by Crippen LogP contribution is 2.48. The molecule has 0 aliphatic carbocycles. The quantitative estimate of drug-likeness (QED) is 0.665. The number of aromatic nitrogens is 1. The zero-order valence-corrected chi connectivity index (χ0v) is 11.4. The van der Waals surface area contributed by atoms with E-state index in [9.17, 15) is 13.2 Å². The molecular formula is C10H14F3N3S2. The van der Waals surface area contributed by atoms with Crippen molar-refractivity contribution in [3.05, 3.63) is 16.1 Å². The molecule has 8 heteroatoms. The van der Waals surface area contributed by atoms with E-state index in [1.54, 1.807) is 11.8 Å². The van der Waals surface area contributed by atoms with Crippen molar-refractivity contribution in [2.24, 2.45) is 5.84 Å². The zero-order valence-electron chi connectivity index (χ0n) is 9.75. The maximum atomic E-state index is 12.5.